The second kappa shape index (κ2) is 4.33. The number of carbonyl (C=O) groups is 1. The van der Waals surface area contributed by atoms with Gasteiger partial charge in [0.25, 0.3) is 5.91 Å². The number of aromatic nitrogens is 2. The lowest BCUT2D eigenvalue weighted by Gasteiger charge is -2.15. The van der Waals surface area contributed by atoms with Crippen LogP contribution in [0, 0.1) is 0 Å². The van der Waals surface area contributed by atoms with E-state index in [1.54, 1.807) is 10.9 Å². The standard InChI is InChI=1S/C10H15N3O2/c1-2-4-11-9(14)8-7-12-13-5-3-6-15-10(8)13/h7H,2-6H2,1H3,(H,11,14). The Hall–Kier alpha value is -1.52. The number of aryl methyl sites for hydroxylation is 1. The number of hydrogen-bond donors (Lipinski definition) is 1. The predicted molar refractivity (Wildman–Crippen MR) is 55.0 cm³/mol. The highest BCUT2D eigenvalue weighted by molar-refractivity contribution is 5.96. The molecule has 1 aromatic heterocycles. The number of fused-ring (bicyclic) bond motifs is 1. The molecule has 0 radical (unpaired) electrons. The topological polar surface area (TPSA) is 56.2 Å². The van der Waals surface area contributed by atoms with Gasteiger partial charge in [0.2, 0.25) is 5.88 Å². The fourth-order valence-corrected chi connectivity index (χ4v) is 1.56. The van der Waals surface area contributed by atoms with Gasteiger partial charge in [0.1, 0.15) is 5.56 Å². The minimum Gasteiger partial charge on any atom is -0.477 e. The Labute approximate surface area is 88.4 Å². The SMILES string of the molecule is CCCNC(=O)c1cnn2c1OCCC2. The van der Waals surface area contributed by atoms with Gasteiger partial charge in [0, 0.05) is 19.5 Å². The number of carbonyl (C=O) groups excluding carboxylic acids is 1. The zero-order chi connectivity index (χ0) is 10.7. The summed E-state index contributed by atoms with van der Waals surface area (Å²) in [4.78, 5) is 11.7. The molecule has 1 aliphatic heterocycles. The summed E-state index contributed by atoms with van der Waals surface area (Å²) >= 11 is 0. The van der Waals surface area contributed by atoms with E-state index >= 15 is 0 Å². The number of nitrogens with one attached hydrogen (secondary N) is 1. The van der Waals surface area contributed by atoms with Gasteiger partial charge < -0.3 is 10.1 Å². The molecule has 0 saturated carbocycles. The zero-order valence-corrected chi connectivity index (χ0v) is 8.82. The van der Waals surface area contributed by atoms with Crippen LogP contribution in [0.3, 0.4) is 0 Å². The van der Waals surface area contributed by atoms with Gasteiger partial charge in [-0.05, 0) is 6.42 Å². The molecule has 0 saturated heterocycles. The number of ether oxygens (including phenoxy) is 1. The van der Waals surface area contributed by atoms with Crippen molar-refractivity contribution in [3.05, 3.63) is 11.8 Å². The monoisotopic (exact) mass is 209 g/mol. The van der Waals surface area contributed by atoms with Gasteiger partial charge >= 0.3 is 0 Å². The summed E-state index contributed by atoms with van der Waals surface area (Å²) in [7, 11) is 0. The summed E-state index contributed by atoms with van der Waals surface area (Å²) < 4.78 is 7.18. The molecule has 5 nitrogen and oxygen atoms in total. The highest BCUT2D eigenvalue weighted by atomic mass is 16.5. The van der Waals surface area contributed by atoms with Crippen LogP contribution in [0.5, 0.6) is 5.88 Å². The lowest BCUT2D eigenvalue weighted by molar-refractivity contribution is 0.0947. The Balaban J connectivity index is 2.14. The normalized spacial score (nSPS) is 14.2. The maximum atomic E-state index is 11.7. The Morgan fingerprint density at radius 3 is 3.40 bits per heavy atom. The average molecular weight is 209 g/mol. The van der Waals surface area contributed by atoms with Gasteiger partial charge in [-0.15, -0.1) is 0 Å². The van der Waals surface area contributed by atoms with Crippen LogP contribution in [-0.4, -0.2) is 28.8 Å². The third-order valence-electron chi connectivity index (χ3n) is 2.32. The van der Waals surface area contributed by atoms with Gasteiger partial charge in [-0.3, -0.25) is 4.79 Å². The summed E-state index contributed by atoms with van der Waals surface area (Å²) in [5.41, 5.74) is 0.545. The van der Waals surface area contributed by atoms with Crippen LogP contribution >= 0.6 is 0 Å². The molecule has 15 heavy (non-hydrogen) atoms. The van der Waals surface area contributed by atoms with E-state index in [0.717, 1.165) is 19.4 Å². The molecule has 2 rings (SSSR count). The van der Waals surface area contributed by atoms with Crippen LogP contribution in [0.4, 0.5) is 0 Å². The second-order valence-corrected chi connectivity index (χ2v) is 3.54. The smallest absolute Gasteiger partial charge is 0.258 e. The van der Waals surface area contributed by atoms with E-state index in [1.165, 1.54) is 0 Å². The molecule has 1 amide bonds. The van der Waals surface area contributed by atoms with Crippen molar-refractivity contribution >= 4 is 5.91 Å². The Bertz CT molecular complexity index is 360. The minimum atomic E-state index is -0.0972. The zero-order valence-electron chi connectivity index (χ0n) is 8.82. The summed E-state index contributed by atoms with van der Waals surface area (Å²) in [6.07, 6.45) is 3.45. The first-order valence-corrected chi connectivity index (χ1v) is 5.29. The quantitative estimate of drug-likeness (QED) is 0.801. The largest absolute Gasteiger partial charge is 0.477 e. The van der Waals surface area contributed by atoms with Crippen molar-refractivity contribution in [3.63, 3.8) is 0 Å². The third-order valence-corrected chi connectivity index (χ3v) is 2.32. The Kier molecular flexibility index (Phi) is 2.89. The average Bonchev–Trinajstić information content (AvgIpc) is 2.69. The van der Waals surface area contributed by atoms with E-state index in [2.05, 4.69) is 10.4 Å². The van der Waals surface area contributed by atoms with Gasteiger partial charge in [-0.1, -0.05) is 6.92 Å². The second-order valence-electron chi connectivity index (χ2n) is 3.54. The Morgan fingerprint density at radius 1 is 1.73 bits per heavy atom. The summed E-state index contributed by atoms with van der Waals surface area (Å²) in [5, 5.41) is 6.93. The lowest BCUT2D eigenvalue weighted by Crippen LogP contribution is -2.25. The Morgan fingerprint density at radius 2 is 2.60 bits per heavy atom. The number of nitrogens with zero attached hydrogens (tertiary/aromatic N) is 2. The molecule has 0 bridgehead atoms. The molecular formula is C10H15N3O2. The summed E-state index contributed by atoms with van der Waals surface area (Å²) in [6, 6.07) is 0. The van der Waals surface area contributed by atoms with Gasteiger partial charge in [-0.25, -0.2) is 4.68 Å². The molecule has 0 aliphatic carbocycles. The summed E-state index contributed by atoms with van der Waals surface area (Å²) in [5.74, 6) is 0.509. The van der Waals surface area contributed by atoms with Crippen molar-refractivity contribution in [2.75, 3.05) is 13.2 Å². The highest BCUT2D eigenvalue weighted by Crippen LogP contribution is 2.21. The number of amides is 1. The maximum Gasteiger partial charge on any atom is 0.258 e. The molecule has 0 unspecified atom stereocenters. The first-order valence-electron chi connectivity index (χ1n) is 5.29. The third kappa shape index (κ3) is 1.95. The molecule has 0 atom stereocenters. The van der Waals surface area contributed by atoms with E-state index < -0.39 is 0 Å². The molecule has 1 aromatic rings. The van der Waals surface area contributed by atoms with Gasteiger partial charge in [0.05, 0.1) is 12.8 Å². The van der Waals surface area contributed by atoms with Crippen LogP contribution in [0.25, 0.3) is 0 Å². The van der Waals surface area contributed by atoms with Crippen molar-refractivity contribution in [2.45, 2.75) is 26.3 Å². The first-order chi connectivity index (χ1) is 7.33. The van der Waals surface area contributed by atoms with Crippen LogP contribution in [0.1, 0.15) is 30.1 Å². The highest BCUT2D eigenvalue weighted by Gasteiger charge is 2.20. The van der Waals surface area contributed by atoms with Crippen molar-refractivity contribution in [2.24, 2.45) is 0 Å². The van der Waals surface area contributed by atoms with E-state index in [4.69, 9.17) is 4.74 Å². The van der Waals surface area contributed by atoms with Crippen LogP contribution in [-0.2, 0) is 6.54 Å². The molecule has 0 spiro atoms. The molecule has 5 heteroatoms. The van der Waals surface area contributed by atoms with E-state index in [0.29, 0.717) is 24.6 Å². The van der Waals surface area contributed by atoms with Gasteiger partial charge in [-0.2, -0.15) is 5.10 Å². The van der Waals surface area contributed by atoms with Gasteiger partial charge in [0.15, 0.2) is 0 Å². The minimum absolute atomic E-state index is 0.0972. The van der Waals surface area contributed by atoms with Crippen LogP contribution in [0.15, 0.2) is 6.20 Å². The number of hydrogen-bond acceptors (Lipinski definition) is 3. The molecule has 1 aliphatic rings. The predicted octanol–water partition coefficient (Wildman–Crippen LogP) is 0.805. The van der Waals surface area contributed by atoms with E-state index in [-0.39, 0.29) is 5.91 Å². The van der Waals surface area contributed by atoms with E-state index in [9.17, 15) is 4.79 Å². The molecule has 2 heterocycles. The van der Waals surface area contributed by atoms with Crippen molar-refractivity contribution < 1.29 is 9.53 Å². The van der Waals surface area contributed by atoms with E-state index in [1.807, 2.05) is 6.92 Å². The molecule has 0 fully saturated rings. The van der Waals surface area contributed by atoms with Crippen molar-refractivity contribution in [1.29, 1.82) is 0 Å². The molecular weight excluding hydrogens is 194 g/mol. The lowest BCUT2D eigenvalue weighted by atomic mass is 10.3. The molecule has 82 valence electrons. The van der Waals surface area contributed by atoms with Crippen molar-refractivity contribution in [3.8, 4) is 5.88 Å². The fourth-order valence-electron chi connectivity index (χ4n) is 1.56. The van der Waals surface area contributed by atoms with Crippen LogP contribution in [0.2, 0.25) is 0 Å². The summed E-state index contributed by atoms with van der Waals surface area (Å²) in [6.45, 7) is 4.20. The molecule has 0 aromatic carbocycles. The first kappa shape index (κ1) is 10.0. The van der Waals surface area contributed by atoms with Crippen molar-refractivity contribution in [1.82, 2.24) is 15.1 Å². The number of rotatable bonds is 3. The molecule has 1 N–H and O–H groups in total. The maximum absolute atomic E-state index is 11.7. The van der Waals surface area contributed by atoms with Crippen LogP contribution < -0.4 is 10.1 Å². The fraction of sp³-hybridized carbons (Fsp3) is 0.600.